The number of rotatable bonds is 10. The van der Waals surface area contributed by atoms with Crippen LogP contribution in [0.25, 0.3) is 0 Å². The first-order valence-corrected chi connectivity index (χ1v) is 9.90. The van der Waals surface area contributed by atoms with E-state index in [1.165, 1.54) is 10.5 Å². The molecule has 0 heterocycles. The van der Waals surface area contributed by atoms with Gasteiger partial charge in [0.05, 0.1) is 7.11 Å². The highest BCUT2D eigenvalue weighted by Crippen LogP contribution is 2.17. The van der Waals surface area contributed by atoms with Crippen molar-refractivity contribution in [3.05, 3.63) is 59.7 Å². The lowest BCUT2D eigenvalue weighted by Gasteiger charge is -2.28. The number of likely N-dealkylation sites (N-methyl/N-ethyl adjacent to an activating group) is 1. The lowest BCUT2D eigenvalue weighted by Crippen LogP contribution is -2.49. The van der Waals surface area contributed by atoms with Crippen molar-refractivity contribution in [3.8, 4) is 11.5 Å². The third-order valence-electron chi connectivity index (χ3n) is 4.70. The van der Waals surface area contributed by atoms with Crippen molar-refractivity contribution < 1.29 is 19.1 Å². The van der Waals surface area contributed by atoms with Crippen LogP contribution >= 0.6 is 0 Å². The van der Waals surface area contributed by atoms with E-state index in [-0.39, 0.29) is 25.0 Å². The minimum Gasteiger partial charge on any atom is -0.497 e. The highest BCUT2D eigenvalue weighted by atomic mass is 16.5. The molecular formula is C23H30N2O4. The maximum Gasteiger partial charge on any atom is 0.261 e. The number of nitrogens with one attached hydrogen (secondary N) is 1. The number of methoxy groups -OCH3 is 1. The smallest absolute Gasteiger partial charge is 0.261 e. The van der Waals surface area contributed by atoms with Crippen LogP contribution in [0.2, 0.25) is 0 Å². The van der Waals surface area contributed by atoms with E-state index in [0.717, 1.165) is 12.0 Å². The summed E-state index contributed by atoms with van der Waals surface area (Å²) in [6.07, 6.45) is 0.942. The number of carbonyl (C=O) groups excluding carboxylic acids is 2. The van der Waals surface area contributed by atoms with Gasteiger partial charge in [-0.3, -0.25) is 9.59 Å². The highest BCUT2D eigenvalue weighted by molar-refractivity contribution is 5.87. The molecule has 0 unspecified atom stereocenters. The van der Waals surface area contributed by atoms with E-state index in [4.69, 9.17) is 9.47 Å². The van der Waals surface area contributed by atoms with Gasteiger partial charge in [-0.1, -0.05) is 31.2 Å². The average Bonchev–Trinajstić information content (AvgIpc) is 2.76. The normalized spacial score (nSPS) is 11.4. The molecule has 6 heteroatoms. The number of amides is 2. The number of aryl methyl sites for hydroxylation is 1. The molecule has 2 rings (SSSR count). The Hall–Kier alpha value is -3.02. The largest absolute Gasteiger partial charge is 0.497 e. The van der Waals surface area contributed by atoms with Gasteiger partial charge in [0, 0.05) is 13.1 Å². The Labute approximate surface area is 172 Å². The third kappa shape index (κ3) is 6.52. The molecule has 0 aliphatic heterocycles. The lowest BCUT2D eigenvalue weighted by molar-refractivity contribution is -0.142. The zero-order chi connectivity index (χ0) is 21.2. The standard InChI is InChI=1S/C23H30N2O4/c1-5-18-10-12-20(13-11-18)29-16-22(26)25(17(3)23(27)24-6-2)15-19-8-7-9-21(14-19)28-4/h7-14,17H,5-6,15-16H2,1-4H3,(H,24,27)/t17-/m0/s1. The summed E-state index contributed by atoms with van der Waals surface area (Å²) in [5, 5.41) is 2.78. The van der Waals surface area contributed by atoms with E-state index in [9.17, 15) is 9.59 Å². The number of nitrogens with zero attached hydrogens (tertiary/aromatic N) is 1. The first kappa shape index (κ1) is 22.3. The summed E-state index contributed by atoms with van der Waals surface area (Å²) >= 11 is 0. The van der Waals surface area contributed by atoms with E-state index in [1.54, 1.807) is 14.0 Å². The Morgan fingerprint density at radius 3 is 2.38 bits per heavy atom. The van der Waals surface area contributed by atoms with Gasteiger partial charge in [0.15, 0.2) is 6.61 Å². The Morgan fingerprint density at radius 2 is 1.76 bits per heavy atom. The molecule has 0 bridgehead atoms. The van der Waals surface area contributed by atoms with E-state index >= 15 is 0 Å². The molecule has 29 heavy (non-hydrogen) atoms. The Balaban J connectivity index is 2.13. The summed E-state index contributed by atoms with van der Waals surface area (Å²) < 4.78 is 10.9. The fourth-order valence-electron chi connectivity index (χ4n) is 2.92. The fraction of sp³-hybridized carbons (Fsp3) is 0.391. The lowest BCUT2D eigenvalue weighted by atomic mass is 10.1. The molecule has 0 saturated carbocycles. The summed E-state index contributed by atoms with van der Waals surface area (Å²) in [6, 6.07) is 14.5. The molecule has 1 N–H and O–H groups in total. The van der Waals surface area contributed by atoms with Gasteiger partial charge in [-0.2, -0.15) is 0 Å². The van der Waals surface area contributed by atoms with Crippen LogP contribution in [0.15, 0.2) is 48.5 Å². The van der Waals surface area contributed by atoms with E-state index in [2.05, 4.69) is 12.2 Å². The second-order valence-electron chi connectivity index (χ2n) is 6.73. The van der Waals surface area contributed by atoms with Gasteiger partial charge >= 0.3 is 0 Å². The number of hydrogen-bond acceptors (Lipinski definition) is 4. The zero-order valence-electron chi connectivity index (χ0n) is 17.6. The van der Waals surface area contributed by atoms with Gasteiger partial charge in [0.25, 0.3) is 5.91 Å². The molecule has 0 aliphatic rings. The van der Waals surface area contributed by atoms with Crippen LogP contribution in [0.1, 0.15) is 31.9 Å². The molecule has 2 amide bonds. The van der Waals surface area contributed by atoms with Crippen molar-refractivity contribution in [1.29, 1.82) is 0 Å². The minimum absolute atomic E-state index is 0.140. The second kappa shape index (κ2) is 11.1. The van der Waals surface area contributed by atoms with Crippen LogP contribution < -0.4 is 14.8 Å². The third-order valence-corrected chi connectivity index (χ3v) is 4.70. The molecule has 2 aromatic rings. The SMILES string of the molecule is CCNC(=O)[C@H](C)N(Cc1cccc(OC)c1)C(=O)COc1ccc(CC)cc1. The first-order chi connectivity index (χ1) is 14.0. The minimum atomic E-state index is -0.625. The van der Waals surface area contributed by atoms with Crippen molar-refractivity contribution in [3.63, 3.8) is 0 Å². The van der Waals surface area contributed by atoms with Crippen LogP contribution in [-0.2, 0) is 22.6 Å². The van der Waals surface area contributed by atoms with E-state index in [0.29, 0.717) is 18.0 Å². The summed E-state index contributed by atoms with van der Waals surface area (Å²) in [5.74, 6) is 0.873. The van der Waals surface area contributed by atoms with Gasteiger partial charge in [-0.05, 0) is 55.7 Å². The molecule has 0 aliphatic carbocycles. The predicted molar refractivity (Wildman–Crippen MR) is 113 cm³/mol. The van der Waals surface area contributed by atoms with Gasteiger partial charge in [-0.25, -0.2) is 0 Å². The molecule has 0 spiro atoms. The maximum absolute atomic E-state index is 12.9. The quantitative estimate of drug-likeness (QED) is 0.667. The second-order valence-corrected chi connectivity index (χ2v) is 6.73. The topological polar surface area (TPSA) is 67.9 Å². The fourth-order valence-corrected chi connectivity index (χ4v) is 2.92. The molecule has 6 nitrogen and oxygen atoms in total. The number of hydrogen-bond donors (Lipinski definition) is 1. The molecule has 0 radical (unpaired) electrons. The summed E-state index contributed by atoms with van der Waals surface area (Å²) in [7, 11) is 1.59. The van der Waals surface area contributed by atoms with Gasteiger partial charge < -0.3 is 19.7 Å². The van der Waals surface area contributed by atoms with Crippen molar-refractivity contribution in [2.75, 3.05) is 20.3 Å². The average molecular weight is 399 g/mol. The number of carbonyl (C=O) groups is 2. The van der Waals surface area contributed by atoms with Crippen LogP contribution in [0.4, 0.5) is 0 Å². The maximum atomic E-state index is 12.9. The molecule has 0 aromatic heterocycles. The van der Waals surface area contributed by atoms with Crippen LogP contribution in [0.5, 0.6) is 11.5 Å². The first-order valence-electron chi connectivity index (χ1n) is 9.90. The van der Waals surface area contributed by atoms with Crippen molar-refractivity contribution in [2.45, 2.75) is 39.8 Å². The van der Waals surface area contributed by atoms with Gasteiger partial charge in [0.1, 0.15) is 17.5 Å². The number of benzene rings is 2. The Bertz CT molecular complexity index is 805. The predicted octanol–water partition coefficient (Wildman–Crippen LogP) is 3.19. The van der Waals surface area contributed by atoms with Crippen molar-refractivity contribution in [2.24, 2.45) is 0 Å². The highest BCUT2D eigenvalue weighted by Gasteiger charge is 2.26. The molecule has 2 aromatic carbocycles. The Kier molecular flexibility index (Phi) is 8.52. The van der Waals surface area contributed by atoms with E-state index in [1.807, 2.05) is 55.5 Å². The molecule has 0 fully saturated rings. The summed E-state index contributed by atoms with van der Waals surface area (Å²) in [6.45, 7) is 6.30. The monoisotopic (exact) mass is 398 g/mol. The van der Waals surface area contributed by atoms with Crippen LogP contribution in [0.3, 0.4) is 0 Å². The van der Waals surface area contributed by atoms with Crippen LogP contribution in [0, 0.1) is 0 Å². The van der Waals surface area contributed by atoms with Gasteiger partial charge in [-0.15, -0.1) is 0 Å². The number of ether oxygens (including phenoxy) is 2. The van der Waals surface area contributed by atoms with Crippen molar-refractivity contribution >= 4 is 11.8 Å². The Morgan fingerprint density at radius 1 is 1.03 bits per heavy atom. The van der Waals surface area contributed by atoms with E-state index < -0.39 is 6.04 Å². The zero-order valence-corrected chi connectivity index (χ0v) is 17.6. The molecular weight excluding hydrogens is 368 g/mol. The molecule has 0 saturated heterocycles. The van der Waals surface area contributed by atoms with Gasteiger partial charge in [0.2, 0.25) is 5.91 Å². The van der Waals surface area contributed by atoms with Crippen LogP contribution in [-0.4, -0.2) is 43.0 Å². The van der Waals surface area contributed by atoms with Crippen molar-refractivity contribution in [1.82, 2.24) is 10.2 Å². The summed E-state index contributed by atoms with van der Waals surface area (Å²) in [5.41, 5.74) is 2.08. The molecule has 156 valence electrons. The summed E-state index contributed by atoms with van der Waals surface area (Å²) in [4.78, 5) is 26.8. The molecule has 1 atom stereocenters.